The number of benzene rings is 1. The van der Waals surface area contributed by atoms with Crippen LogP contribution in [0.2, 0.25) is 0 Å². The van der Waals surface area contributed by atoms with Gasteiger partial charge in [0.05, 0.1) is 11.8 Å². The molecule has 0 aliphatic carbocycles. The van der Waals surface area contributed by atoms with E-state index in [0.29, 0.717) is 0 Å². The summed E-state index contributed by atoms with van der Waals surface area (Å²) in [4.78, 5) is 11.6. The van der Waals surface area contributed by atoms with E-state index in [1.807, 2.05) is 0 Å². The lowest BCUT2D eigenvalue weighted by molar-refractivity contribution is -0.0495. The van der Waals surface area contributed by atoms with Gasteiger partial charge in [-0.25, -0.2) is 9.18 Å². The van der Waals surface area contributed by atoms with Gasteiger partial charge in [0, 0.05) is 12.6 Å². The lowest BCUT2D eigenvalue weighted by Crippen LogP contribution is -2.37. The summed E-state index contributed by atoms with van der Waals surface area (Å²) < 4.78 is 41.5. The first-order valence-electron chi connectivity index (χ1n) is 6.27. The Morgan fingerprint density at radius 3 is 2.62 bits per heavy atom. The Kier molecular flexibility index (Phi) is 6.29. The first kappa shape index (κ1) is 17.1. The van der Waals surface area contributed by atoms with E-state index in [0.717, 1.165) is 18.2 Å². The number of hydrogen-bond acceptors (Lipinski definition) is 3. The molecule has 0 saturated heterocycles. The van der Waals surface area contributed by atoms with Gasteiger partial charge < -0.3 is 20.5 Å². The Balaban J connectivity index is 2.67. The fourth-order valence-electron chi connectivity index (χ4n) is 1.39. The van der Waals surface area contributed by atoms with Crippen molar-refractivity contribution in [1.29, 1.82) is 0 Å². The van der Waals surface area contributed by atoms with Crippen LogP contribution in [0, 0.1) is 11.7 Å². The summed E-state index contributed by atoms with van der Waals surface area (Å²) in [6.07, 6.45) is -0.735. The average molecular weight is 306 g/mol. The van der Waals surface area contributed by atoms with Gasteiger partial charge in [-0.2, -0.15) is 8.78 Å². The second-order valence-electron chi connectivity index (χ2n) is 4.67. The molecule has 1 atom stereocenters. The van der Waals surface area contributed by atoms with Gasteiger partial charge in [-0.15, -0.1) is 0 Å². The predicted octanol–water partition coefficient (Wildman–Crippen LogP) is 2.57. The van der Waals surface area contributed by atoms with Crippen LogP contribution in [0.4, 0.5) is 23.7 Å². The number of ether oxygens (including phenoxy) is 1. The molecule has 0 spiro atoms. The molecule has 1 aromatic rings. The molecule has 3 N–H and O–H groups in total. The highest BCUT2D eigenvalue weighted by atomic mass is 19.3. The van der Waals surface area contributed by atoms with Crippen LogP contribution in [0.25, 0.3) is 0 Å². The summed E-state index contributed by atoms with van der Waals surface area (Å²) in [6, 6.07) is 2.12. The first-order chi connectivity index (χ1) is 9.79. The zero-order chi connectivity index (χ0) is 16.0. The molecule has 21 heavy (non-hydrogen) atoms. The monoisotopic (exact) mass is 306 g/mol. The van der Waals surface area contributed by atoms with Crippen molar-refractivity contribution in [3.8, 4) is 5.75 Å². The van der Waals surface area contributed by atoms with Crippen LogP contribution >= 0.6 is 0 Å². The van der Waals surface area contributed by atoms with E-state index < -0.39 is 30.3 Å². The largest absolute Gasteiger partial charge is 0.432 e. The molecule has 5 nitrogen and oxygen atoms in total. The lowest BCUT2D eigenvalue weighted by atomic mass is 10.1. The van der Waals surface area contributed by atoms with Crippen LogP contribution in [-0.2, 0) is 0 Å². The second kappa shape index (κ2) is 7.72. The molecule has 0 aromatic heterocycles. The fourth-order valence-corrected chi connectivity index (χ4v) is 1.39. The third-order valence-corrected chi connectivity index (χ3v) is 2.65. The van der Waals surface area contributed by atoms with Gasteiger partial charge in [0.2, 0.25) is 0 Å². The zero-order valence-electron chi connectivity index (χ0n) is 11.6. The quantitative estimate of drug-likeness (QED) is 0.756. The molecule has 0 bridgehead atoms. The predicted molar refractivity (Wildman–Crippen MR) is 70.9 cm³/mol. The van der Waals surface area contributed by atoms with Crippen molar-refractivity contribution in [2.75, 3.05) is 11.9 Å². The molecule has 118 valence electrons. The van der Waals surface area contributed by atoms with Crippen molar-refractivity contribution < 1.29 is 27.8 Å². The summed E-state index contributed by atoms with van der Waals surface area (Å²) in [5.41, 5.74) is -0.103. The van der Waals surface area contributed by atoms with Gasteiger partial charge in [0.25, 0.3) is 0 Å². The number of urea groups is 1. The van der Waals surface area contributed by atoms with Crippen LogP contribution in [0.5, 0.6) is 5.75 Å². The van der Waals surface area contributed by atoms with Gasteiger partial charge in [0.1, 0.15) is 5.82 Å². The van der Waals surface area contributed by atoms with Gasteiger partial charge in [0.15, 0.2) is 5.75 Å². The Bertz CT molecular complexity index is 484. The number of nitrogens with one attached hydrogen (secondary N) is 2. The third kappa shape index (κ3) is 5.90. The van der Waals surface area contributed by atoms with Crippen molar-refractivity contribution in [3.05, 3.63) is 24.0 Å². The molecule has 0 radical (unpaired) electrons. The number of carbonyl (C=O) groups excluding carboxylic acids is 1. The van der Waals surface area contributed by atoms with Crippen molar-refractivity contribution >= 4 is 11.7 Å². The summed E-state index contributed by atoms with van der Waals surface area (Å²) in [5, 5.41) is 14.2. The maximum atomic E-state index is 13.0. The molecule has 0 heterocycles. The van der Waals surface area contributed by atoms with E-state index in [2.05, 4.69) is 15.4 Å². The third-order valence-electron chi connectivity index (χ3n) is 2.65. The van der Waals surface area contributed by atoms with E-state index in [1.165, 1.54) is 0 Å². The molecular formula is C13H17F3N2O3. The standard InChI is InChI=1S/C13H17F3N2O3/c1-7(2)10(19)6-17-13(20)18-9-4-3-8(14)5-11(9)21-12(15)16/h3-5,7,10,12,19H,6H2,1-2H3,(H2,17,18,20)/t10-/m0/s1. The molecule has 0 aliphatic heterocycles. The number of halogens is 3. The molecule has 0 fully saturated rings. The molecule has 2 amide bonds. The van der Waals surface area contributed by atoms with Crippen LogP contribution in [0.3, 0.4) is 0 Å². The molecule has 8 heteroatoms. The second-order valence-corrected chi connectivity index (χ2v) is 4.67. The highest BCUT2D eigenvalue weighted by Crippen LogP contribution is 2.26. The minimum Gasteiger partial charge on any atom is -0.432 e. The van der Waals surface area contributed by atoms with Crippen molar-refractivity contribution in [1.82, 2.24) is 5.32 Å². The summed E-state index contributed by atoms with van der Waals surface area (Å²) >= 11 is 0. The SMILES string of the molecule is CC(C)[C@@H](O)CNC(=O)Nc1ccc(F)cc1OC(F)F. The molecular weight excluding hydrogens is 289 g/mol. The van der Waals surface area contributed by atoms with Crippen molar-refractivity contribution in [3.63, 3.8) is 0 Å². The van der Waals surface area contributed by atoms with Crippen LogP contribution < -0.4 is 15.4 Å². The molecule has 0 saturated carbocycles. The topological polar surface area (TPSA) is 70.6 Å². The Morgan fingerprint density at radius 2 is 2.05 bits per heavy atom. The van der Waals surface area contributed by atoms with Crippen molar-refractivity contribution in [2.24, 2.45) is 5.92 Å². The summed E-state index contributed by atoms with van der Waals surface area (Å²) in [5.74, 6) is -1.30. The molecule has 0 aliphatic rings. The number of carbonyl (C=O) groups is 1. The van der Waals surface area contributed by atoms with E-state index >= 15 is 0 Å². The van der Waals surface area contributed by atoms with Crippen LogP contribution in [0.1, 0.15) is 13.8 Å². The number of aliphatic hydroxyl groups excluding tert-OH is 1. The van der Waals surface area contributed by atoms with E-state index in [-0.39, 0.29) is 18.2 Å². The maximum Gasteiger partial charge on any atom is 0.387 e. The minimum absolute atomic E-state index is 0.00423. The molecule has 1 rings (SSSR count). The highest BCUT2D eigenvalue weighted by Gasteiger charge is 2.14. The first-order valence-corrected chi connectivity index (χ1v) is 6.27. The molecule has 1 aromatic carbocycles. The number of amides is 2. The lowest BCUT2D eigenvalue weighted by Gasteiger charge is -2.16. The number of anilines is 1. The van der Waals surface area contributed by atoms with Crippen molar-refractivity contribution in [2.45, 2.75) is 26.6 Å². The number of aliphatic hydroxyl groups is 1. The Hall–Kier alpha value is -1.96. The normalized spacial score (nSPS) is 12.4. The Morgan fingerprint density at radius 1 is 1.38 bits per heavy atom. The fraction of sp³-hybridized carbons (Fsp3) is 0.462. The molecule has 0 unspecified atom stereocenters. The van der Waals surface area contributed by atoms with Gasteiger partial charge in [-0.05, 0) is 18.1 Å². The van der Waals surface area contributed by atoms with E-state index in [4.69, 9.17) is 0 Å². The van der Waals surface area contributed by atoms with Gasteiger partial charge >= 0.3 is 12.6 Å². The van der Waals surface area contributed by atoms with Gasteiger partial charge in [-0.3, -0.25) is 0 Å². The van der Waals surface area contributed by atoms with Gasteiger partial charge in [-0.1, -0.05) is 13.8 Å². The Labute approximate surface area is 120 Å². The number of hydrogen-bond donors (Lipinski definition) is 3. The highest BCUT2D eigenvalue weighted by molar-refractivity contribution is 5.90. The summed E-state index contributed by atoms with van der Waals surface area (Å²) in [6.45, 7) is 0.408. The van der Waals surface area contributed by atoms with E-state index in [9.17, 15) is 23.1 Å². The number of alkyl halides is 2. The average Bonchev–Trinajstić information content (AvgIpc) is 2.38. The minimum atomic E-state index is -3.14. The smallest absolute Gasteiger partial charge is 0.387 e. The summed E-state index contributed by atoms with van der Waals surface area (Å²) in [7, 11) is 0. The van der Waals surface area contributed by atoms with Crippen LogP contribution in [0.15, 0.2) is 18.2 Å². The zero-order valence-corrected chi connectivity index (χ0v) is 11.6. The number of rotatable bonds is 6. The van der Waals surface area contributed by atoms with E-state index in [1.54, 1.807) is 13.8 Å². The maximum absolute atomic E-state index is 13.0. The van der Waals surface area contributed by atoms with Crippen LogP contribution in [-0.4, -0.2) is 30.4 Å².